The van der Waals surface area contributed by atoms with E-state index in [1.54, 1.807) is 12.0 Å². The summed E-state index contributed by atoms with van der Waals surface area (Å²) in [5.74, 6) is 1.32. The van der Waals surface area contributed by atoms with Crippen molar-refractivity contribution < 1.29 is 19.1 Å². The van der Waals surface area contributed by atoms with Crippen LogP contribution < -0.4 is 19.7 Å². The van der Waals surface area contributed by atoms with Crippen LogP contribution in [-0.4, -0.2) is 56.6 Å². The van der Waals surface area contributed by atoms with Gasteiger partial charge in [0, 0.05) is 19.5 Å². The van der Waals surface area contributed by atoms with Gasteiger partial charge in [0.25, 0.3) is 5.91 Å². The number of nitrogens with one attached hydrogen (secondary N) is 1. The fourth-order valence-corrected chi connectivity index (χ4v) is 4.43. The van der Waals surface area contributed by atoms with Crippen molar-refractivity contribution in [2.45, 2.75) is 31.7 Å². The maximum absolute atomic E-state index is 12.7. The number of likely N-dealkylation sites (tertiary alicyclic amines) is 1. The van der Waals surface area contributed by atoms with Crippen molar-refractivity contribution in [3.05, 3.63) is 54.1 Å². The van der Waals surface area contributed by atoms with Gasteiger partial charge >= 0.3 is 0 Å². The topological polar surface area (TPSA) is 71.1 Å². The number of hydrogen-bond acceptors (Lipinski definition) is 5. The Kier molecular flexibility index (Phi) is 7.27. The van der Waals surface area contributed by atoms with Crippen molar-refractivity contribution in [2.75, 3.05) is 44.8 Å². The number of nitrogens with zero attached hydrogens (tertiary/aromatic N) is 2. The maximum Gasteiger partial charge on any atom is 0.265 e. The molecule has 170 valence electrons. The van der Waals surface area contributed by atoms with Crippen LogP contribution >= 0.6 is 0 Å². The number of methoxy groups -OCH3 is 1. The van der Waals surface area contributed by atoms with Crippen LogP contribution in [-0.2, 0) is 9.59 Å². The minimum absolute atomic E-state index is 0.00708. The molecule has 0 saturated carbocycles. The van der Waals surface area contributed by atoms with Gasteiger partial charge in [-0.3, -0.25) is 14.5 Å². The minimum Gasteiger partial charge on any atom is -0.497 e. The van der Waals surface area contributed by atoms with Crippen LogP contribution in [0, 0.1) is 0 Å². The van der Waals surface area contributed by atoms with Gasteiger partial charge in [0.05, 0.1) is 18.8 Å². The molecule has 1 saturated heterocycles. The van der Waals surface area contributed by atoms with Crippen molar-refractivity contribution in [2.24, 2.45) is 0 Å². The van der Waals surface area contributed by atoms with Crippen molar-refractivity contribution in [1.82, 2.24) is 10.2 Å². The molecule has 0 bridgehead atoms. The predicted octanol–water partition coefficient (Wildman–Crippen LogP) is 3.15. The summed E-state index contributed by atoms with van der Waals surface area (Å²) in [5.41, 5.74) is 1.89. The highest BCUT2D eigenvalue weighted by Gasteiger charge is 2.26. The van der Waals surface area contributed by atoms with Crippen LogP contribution in [0.2, 0.25) is 0 Å². The molecule has 2 aliphatic rings. The third-order valence-corrected chi connectivity index (χ3v) is 6.20. The summed E-state index contributed by atoms with van der Waals surface area (Å²) >= 11 is 0. The molecule has 4 rings (SSSR count). The average molecular weight is 438 g/mol. The fraction of sp³-hybridized carbons (Fsp3) is 0.440. The number of amides is 2. The Morgan fingerprint density at radius 1 is 1.09 bits per heavy atom. The second kappa shape index (κ2) is 10.5. The number of ether oxygens (including phenoxy) is 2. The van der Waals surface area contributed by atoms with E-state index in [0.717, 1.165) is 24.5 Å². The van der Waals surface area contributed by atoms with E-state index in [1.165, 1.54) is 24.8 Å². The zero-order chi connectivity index (χ0) is 22.3. The van der Waals surface area contributed by atoms with E-state index in [0.29, 0.717) is 18.8 Å². The largest absolute Gasteiger partial charge is 0.497 e. The quantitative estimate of drug-likeness (QED) is 0.687. The Morgan fingerprint density at radius 2 is 1.84 bits per heavy atom. The summed E-state index contributed by atoms with van der Waals surface area (Å²) < 4.78 is 10.8. The molecule has 1 atom stereocenters. The van der Waals surface area contributed by atoms with Gasteiger partial charge in [0.1, 0.15) is 11.5 Å². The van der Waals surface area contributed by atoms with Crippen molar-refractivity contribution >= 4 is 17.5 Å². The molecule has 0 aromatic heterocycles. The lowest BCUT2D eigenvalue weighted by Crippen LogP contribution is -2.43. The minimum atomic E-state index is -0.124. The highest BCUT2D eigenvalue weighted by atomic mass is 16.5. The molecule has 2 heterocycles. The number of benzene rings is 2. The van der Waals surface area contributed by atoms with E-state index in [-0.39, 0.29) is 30.9 Å². The lowest BCUT2D eigenvalue weighted by atomic mass is 10.0. The number of piperidine rings is 1. The number of carbonyl (C=O) groups excluding carboxylic acids is 2. The van der Waals surface area contributed by atoms with Crippen molar-refractivity contribution in [3.63, 3.8) is 0 Å². The van der Waals surface area contributed by atoms with E-state index in [9.17, 15) is 9.59 Å². The summed E-state index contributed by atoms with van der Waals surface area (Å²) in [6.45, 7) is 2.95. The molecule has 0 aliphatic carbocycles. The van der Waals surface area contributed by atoms with Gasteiger partial charge in [0.2, 0.25) is 5.91 Å². The standard InChI is InChI=1S/C25H31N3O4/c1-31-20-11-9-19(10-12-20)22(27-14-5-2-6-15-27)17-26-24(29)13-16-28-21-7-3-4-8-23(21)32-18-25(28)30/h3-4,7-12,22H,2,5-6,13-18H2,1H3,(H,26,29). The second-order valence-corrected chi connectivity index (χ2v) is 8.24. The van der Waals surface area contributed by atoms with E-state index in [2.05, 4.69) is 22.3 Å². The first-order valence-electron chi connectivity index (χ1n) is 11.3. The zero-order valence-corrected chi connectivity index (χ0v) is 18.6. The first-order chi connectivity index (χ1) is 15.7. The number of rotatable bonds is 8. The van der Waals surface area contributed by atoms with Gasteiger partial charge in [0.15, 0.2) is 6.61 Å². The molecule has 2 aromatic rings. The van der Waals surface area contributed by atoms with E-state index < -0.39 is 0 Å². The molecule has 2 aliphatic heterocycles. The Balaban J connectivity index is 1.37. The van der Waals surface area contributed by atoms with Gasteiger partial charge in [-0.2, -0.15) is 0 Å². The van der Waals surface area contributed by atoms with E-state index in [4.69, 9.17) is 9.47 Å². The number of fused-ring (bicyclic) bond motifs is 1. The highest BCUT2D eigenvalue weighted by Crippen LogP contribution is 2.31. The zero-order valence-electron chi connectivity index (χ0n) is 18.6. The second-order valence-electron chi connectivity index (χ2n) is 8.24. The van der Waals surface area contributed by atoms with Gasteiger partial charge in [-0.05, 0) is 55.8 Å². The Morgan fingerprint density at radius 3 is 2.59 bits per heavy atom. The van der Waals surface area contributed by atoms with Gasteiger partial charge in [-0.15, -0.1) is 0 Å². The van der Waals surface area contributed by atoms with Crippen molar-refractivity contribution in [3.8, 4) is 11.5 Å². The fourth-order valence-electron chi connectivity index (χ4n) is 4.43. The molecule has 1 N–H and O–H groups in total. The molecule has 0 spiro atoms. The Labute approximate surface area is 189 Å². The number of hydrogen-bond donors (Lipinski definition) is 1. The molecule has 1 fully saturated rings. The van der Waals surface area contributed by atoms with E-state index in [1.807, 2.05) is 36.4 Å². The lowest BCUT2D eigenvalue weighted by Gasteiger charge is -2.35. The molecule has 2 aromatic carbocycles. The Bertz CT molecular complexity index is 925. The summed E-state index contributed by atoms with van der Waals surface area (Å²) in [5, 5.41) is 3.10. The predicted molar refractivity (Wildman–Crippen MR) is 123 cm³/mol. The lowest BCUT2D eigenvalue weighted by molar-refractivity contribution is -0.122. The van der Waals surface area contributed by atoms with Gasteiger partial charge < -0.3 is 19.7 Å². The summed E-state index contributed by atoms with van der Waals surface area (Å²) in [6, 6.07) is 15.6. The first-order valence-corrected chi connectivity index (χ1v) is 11.3. The van der Waals surface area contributed by atoms with Crippen molar-refractivity contribution in [1.29, 1.82) is 0 Å². The van der Waals surface area contributed by atoms with Crippen LogP contribution in [0.4, 0.5) is 5.69 Å². The maximum atomic E-state index is 12.7. The van der Waals surface area contributed by atoms with Crippen LogP contribution in [0.15, 0.2) is 48.5 Å². The van der Waals surface area contributed by atoms with Crippen LogP contribution in [0.25, 0.3) is 0 Å². The monoisotopic (exact) mass is 437 g/mol. The summed E-state index contributed by atoms with van der Waals surface area (Å²) in [7, 11) is 1.66. The van der Waals surface area contributed by atoms with Crippen LogP contribution in [0.5, 0.6) is 11.5 Å². The van der Waals surface area contributed by atoms with Crippen LogP contribution in [0.3, 0.4) is 0 Å². The smallest absolute Gasteiger partial charge is 0.265 e. The van der Waals surface area contributed by atoms with Gasteiger partial charge in [-0.1, -0.05) is 30.7 Å². The molecule has 2 amide bonds. The van der Waals surface area contributed by atoms with Gasteiger partial charge in [-0.25, -0.2) is 0 Å². The number of para-hydroxylation sites is 2. The highest BCUT2D eigenvalue weighted by molar-refractivity contribution is 5.98. The SMILES string of the molecule is COc1ccc(C(CNC(=O)CCN2C(=O)COc3ccccc32)N2CCCCC2)cc1. The average Bonchev–Trinajstić information content (AvgIpc) is 2.84. The van der Waals surface area contributed by atoms with Crippen LogP contribution in [0.1, 0.15) is 37.3 Å². The third kappa shape index (κ3) is 5.22. The molecular formula is C25H31N3O4. The number of carbonyl (C=O) groups is 2. The molecule has 7 heteroatoms. The summed E-state index contributed by atoms with van der Waals surface area (Å²) in [4.78, 5) is 29.1. The summed E-state index contributed by atoms with van der Waals surface area (Å²) in [6.07, 6.45) is 3.86. The van der Waals surface area contributed by atoms with E-state index >= 15 is 0 Å². The molecular weight excluding hydrogens is 406 g/mol. The molecule has 7 nitrogen and oxygen atoms in total. The number of anilines is 1. The molecule has 32 heavy (non-hydrogen) atoms. The third-order valence-electron chi connectivity index (χ3n) is 6.20. The first kappa shape index (κ1) is 22.1. The Hall–Kier alpha value is -3.06. The normalized spacial score (nSPS) is 17.3. The molecule has 0 radical (unpaired) electrons. The molecule has 1 unspecified atom stereocenters.